The largest absolute Gasteiger partial charge is 0.309 e. The zero-order valence-electron chi connectivity index (χ0n) is 18.3. The predicted octanol–water partition coefficient (Wildman–Crippen LogP) is 7.69. The average Bonchev–Trinajstić information content (AvgIpc) is 3.42. The monoisotopic (exact) mass is 436 g/mol. The molecule has 5 aromatic carbocycles. The van der Waals surface area contributed by atoms with Crippen LogP contribution < -0.4 is 0 Å². The minimum Gasteiger partial charge on any atom is -0.309 e. The quantitative estimate of drug-likeness (QED) is 0.261. The standard InChI is InChI=1S/C31H20N2O/c34-20-21-17-22(32-28-13-5-1-9-24(28)25-10-2-6-14-29(25)32)19-23(18-21)33-30-15-7-3-11-26(30)27-12-4-8-16-31(27)33/h1-20H. The lowest BCUT2D eigenvalue weighted by atomic mass is 10.1. The van der Waals surface area contributed by atoms with E-state index in [9.17, 15) is 4.79 Å². The Morgan fingerprint density at radius 3 is 1.09 bits per heavy atom. The highest BCUT2D eigenvalue weighted by atomic mass is 16.1. The lowest BCUT2D eigenvalue weighted by Gasteiger charge is -2.14. The summed E-state index contributed by atoms with van der Waals surface area (Å²) in [7, 11) is 0. The first kappa shape index (κ1) is 18.9. The van der Waals surface area contributed by atoms with E-state index in [4.69, 9.17) is 0 Å². The van der Waals surface area contributed by atoms with Gasteiger partial charge in [-0.2, -0.15) is 0 Å². The molecule has 2 aromatic heterocycles. The van der Waals surface area contributed by atoms with Gasteiger partial charge in [-0.05, 0) is 42.5 Å². The summed E-state index contributed by atoms with van der Waals surface area (Å²) in [6.45, 7) is 0. The topological polar surface area (TPSA) is 26.9 Å². The first-order valence-corrected chi connectivity index (χ1v) is 11.4. The number of carbonyl (C=O) groups is 1. The molecule has 0 aliphatic carbocycles. The molecule has 3 heteroatoms. The first-order chi connectivity index (χ1) is 16.8. The third kappa shape index (κ3) is 2.61. The molecule has 0 saturated heterocycles. The summed E-state index contributed by atoms with van der Waals surface area (Å²) in [4.78, 5) is 12.1. The summed E-state index contributed by atoms with van der Waals surface area (Å²) in [5, 5.41) is 4.81. The summed E-state index contributed by atoms with van der Waals surface area (Å²) in [5.74, 6) is 0. The van der Waals surface area contributed by atoms with Crippen molar-refractivity contribution < 1.29 is 4.79 Å². The molecule has 0 bridgehead atoms. The fourth-order valence-corrected chi connectivity index (χ4v) is 5.35. The van der Waals surface area contributed by atoms with Gasteiger partial charge in [-0.25, -0.2) is 0 Å². The highest BCUT2D eigenvalue weighted by Crippen LogP contribution is 2.35. The second-order valence-electron chi connectivity index (χ2n) is 8.64. The van der Waals surface area contributed by atoms with Crippen LogP contribution in [0.15, 0.2) is 115 Å². The Balaban J connectivity index is 1.60. The van der Waals surface area contributed by atoms with Crippen molar-refractivity contribution in [3.05, 3.63) is 121 Å². The van der Waals surface area contributed by atoms with E-state index in [0.29, 0.717) is 5.56 Å². The van der Waals surface area contributed by atoms with E-state index in [2.05, 4.69) is 112 Å². The fraction of sp³-hybridized carbons (Fsp3) is 0. The number of carbonyl (C=O) groups excluding carboxylic acids is 1. The maximum absolute atomic E-state index is 12.1. The lowest BCUT2D eigenvalue weighted by molar-refractivity contribution is 0.112. The smallest absolute Gasteiger partial charge is 0.150 e. The molecule has 0 amide bonds. The van der Waals surface area contributed by atoms with Gasteiger partial charge in [0.15, 0.2) is 0 Å². The van der Waals surface area contributed by atoms with Crippen molar-refractivity contribution >= 4 is 49.9 Å². The minimum absolute atomic E-state index is 0.649. The maximum atomic E-state index is 12.1. The normalized spacial score (nSPS) is 11.6. The van der Waals surface area contributed by atoms with Crippen LogP contribution in [-0.4, -0.2) is 15.4 Å². The van der Waals surface area contributed by atoms with Crippen molar-refractivity contribution in [2.45, 2.75) is 0 Å². The predicted molar refractivity (Wildman–Crippen MR) is 141 cm³/mol. The van der Waals surface area contributed by atoms with Crippen molar-refractivity contribution in [2.24, 2.45) is 0 Å². The second-order valence-corrected chi connectivity index (χ2v) is 8.64. The van der Waals surface area contributed by atoms with Gasteiger partial charge in [-0.1, -0.05) is 72.8 Å². The number of benzene rings is 5. The van der Waals surface area contributed by atoms with Crippen LogP contribution in [0.25, 0.3) is 55.0 Å². The summed E-state index contributed by atoms with van der Waals surface area (Å²) < 4.78 is 4.52. The Hall–Kier alpha value is -4.63. The van der Waals surface area contributed by atoms with Crippen LogP contribution in [0, 0.1) is 0 Å². The molecule has 0 unspecified atom stereocenters. The van der Waals surface area contributed by atoms with Gasteiger partial charge < -0.3 is 9.13 Å². The van der Waals surface area contributed by atoms with Crippen molar-refractivity contribution in [1.29, 1.82) is 0 Å². The molecule has 7 aromatic rings. The molecule has 0 saturated carbocycles. The molecule has 3 nitrogen and oxygen atoms in total. The van der Waals surface area contributed by atoms with Gasteiger partial charge >= 0.3 is 0 Å². The van der Waals surface area contributed by atoms with Crippen LogP contribution in [0.2, 0.25) is 0 Å². The fourth-order valence-electron chi connectivity index (χ4n) is 5.35. The Labute approximate surface area is 196 Å². The Morgan fingerprint density at radius 1 is 0.441 bits per heavy atom. The molecule has 2 heterocycles. The molecule has 0 N–H and O–H groups in total. The molecular formula is C31H20N2O. The number of para-hydroxylation sites is 4. The Bertz CT molecular complexity index is 1650. The van der Waals surface area contributed by atoms with Crippen molar-refractivity contribution in [3.63, 3.8) is 0 Å². The molecule has 160 valence electrons. The maximum Gasteiger partial charge on any atom is 0.150 e. The van der Waals surface area contributed by atoms with E-state index in [1.165, 1.54) is 21.5 Å². The van der Waals surface area contributed by atoms with Gasteiger partial charge in [0.05, 0.1) is 22.1 Å². The van der Waals surface area contributed by atoms with Crippen LogP contribution in [0.1, 0.15) is 10.4 Å². The summed E-state index contributed by atoms with van der Waals surface area (Å²) in [6, 6.07) is 39.9. The number of aromatic nitrogens is 2. The van der Waals surface area contributed by atoms with E-state index in [1.807, 2.05) is 12.1 Å². The van der Waals surface area contributed by atoms with Crippen molar-refractivity contribution in [2.75, 3.05) is 0 Å². The number of nitrogens with zero attached hydrogens (tertiary/aromatic N) is 2. The molecule has 0 spiro atoms. The average molecular weight is 437 g/mol. The molecule has 0 aliphatic heterocycles. The van der Waals surface area contributed by atoms with Gasteiger partial charge in [0.2, 0.25) is 0 Å². The molecule has 7 rings (SSSR count). The Morgan fingerprint density at radius 2 is 0.765 bits per heavy atom. The van der Waals surface area contributed by atoms with Crippen LogP contribution in [0.3, 0.4) is 0 Å². The van der Waals surface area contributed by atoms with Crippen molar-refractivity contribution in [3.8, 4) is 11.4 Å². The molecule has 0 aliphatic rings. The summed E-state index contributed by atoms with van der Waals surface area (Å²) in [6.07, 6.45) is 0.939. The van der Waals surface area contributed by atoms with Gasteiger partial charge in [-0.15, -0.1) is 0 Å². The van der Waals surface area contributed by atoms with Crippen LogP contribution in [-0.2, 0) is 0 Å². The van der Waals surface area contributed by atoms with Gasteiger partial charge in [-0.3, -0.25) is 4.79 Å². The van der Waals surface area contributed by atoms with E-state index >= 15 is 0 Å². The summed E-state index contributed by atoms with van der Waals surface area (Å²) in [5.41, 5.74) is 7.09. The van der Waals surface area contributed by atoms with Gasteiger partial charge in [0, 0.05) is 38.5 Å². The number of hydrogen-bond acceptors (Lipinski definition) is 1. The molecular weight excluding hydrogens is 416 g/mol. The SMILES string of the molecule is O=Cc1cc(-n2c3ccccc3c3ccccc32)cc(-n2c3ccccc3c3ccccc32)c1. The Kier molecular flexibility index (Phi) is 4.00. The van der Waals surface area contributed by atoms with Crippen LogP contribution >= 0.6 is 0 Å². The lowest BCUT2D eigenvalue weighted by Crippen LogP contribution is -2.00. The highest BCUT2D eigenvalue weighted by molar-refractivity contribution is 6.10. The highest BCUT2D eigenvalue weighted by Gasteiger charge is 2.16. The number of fused-ring (bicyclic) bond motifs is 6. The number of rotatable bonds is 3. The van der Waals surface area contributed by atoms with E-state index < -0.39 is 0 Å². The van der Waals surface area contributed by atoms with E-state index in [0.717, 1.165) is 39.7 Å². The zero-order valence-corrected chi connectivity index (χ0v) is 18.3. The number of hydrogen-bond donors (Lipinski definition) is 0. The van der Waals surface area contributed by atoms with Crippen LogP contribution in [0.4, 0.5) is 0 Å². The van der Waals surface area contributed by atoms with Gasteiger partial charge in [0.25, 0.3) is 0 Å². The summed E-state index contributed by atoms with van der Waals surface area (Å²) >= 11 is 0. The molecule has 0 atom stereocenters. The third-order valence-electron chi connectivity index (χ3n) is 6.74. The zero-order chi connectivity index (χ0) is 22.6. The second kappa shape index (κ2) is 7.19. The first-order valence-electron chi connectivity index (χ1n) is 11.4. The van der Waals surface area contributed by atoms with Crippen molar-refractivity contribution in [1.82, 2.24) is 9.13 Å². The van der Waals surface area contributed by atoms with E-state index in [1.54, 1.807) is 0 Å². The molecule has 34 heavy (non-hydrogen) atoms. The van der Waals surface area contributed by atoms with Crippen LogP contribution in [0.5, 0.6) is 0 Å². The van der Waals surface area contributed by atoms with Gasteiger partial charge in [0.1, 0.15) is 6.29 Å². The number of aldehydes is 1. The molecule has 0 fully saturated rings. The van der Waals surface area contributed by atoms with E-state index in [-0.39, 0.29) is 0 Å². The minimum atomic E-state index is 0.649. The third-order valence-corrected chi connectivity index (χ3v) is 6.74. The molecule has 0 radical (unpaired) electrons.